The Morgan fingerprint density at radius 2 is 1.58 bits per heavy atom. The number of halogens is 6. The minimum Gasteiger partial charge on any atom is -0.497 e. The Kier molecular flexibility index (Phi) is 8.64. The molecule has 0 unspecified atom stereocenters. The Morgan fingerprint density at radius 3 is 2.23 bits per heavy atom. The molecule has 1 amide bonds. The third kappa shape index (κ3) is 7.27. The molecule has 0 spiro atoms. The van der Waals surface area contributed by atoms with Gasteiger partial charge in [-0.2, -0.15) is 26.3 Å². The molecule has 4 aromatic rings. The van der Waals surface area contributed by atoms with Crippen molar-refractivity contribution in [2.24, 2.45) is 0 Å². The first kappa shape index (κ1) is 30.3. The van der Waals surface area contributed by atoms with Crippen molar-refractivity contribution in [3.8, 4) is 5.75 Å². The van der Waals surface area contributed by atoms with Gasteiger partial charge in [0, 0.05) is 29.7 Å². The highest BCUT2D eigenvalue weighted by Crippen LogP contribution is 2.37. The van der Waals surface area contributed by atoms with Gasteiger partial charge in [0.05, 0.1) is 36.5 Å². The largest absolute Gasteiger partial charge is 0.497 e. The number of amides is 1. The molecule has 0 radical (unpaired) electrons. The van der Waals surface area contributed by atoms with Gasteiger partial charge < -0.3 is 14.4 Å². The molecule has 1 saturated heterocycles. The summed E-state index contributed by atoms with van der Waals surface area (Å²) in [6.07, 6.45) is -7.68. The van der Waals surface area contributed by atoms with Gasteiger partial charge in [-0.1, -0.05) is 30.3 Å². The Hall–Kier alpha value is -4.12. The number of fused-ring (bicyclic) bond motifs is 1. The number of aromatic nitrogens is 1. The Morgan fingerprint density at radius 1 is 0.907 bits per heavy atom. The van der Waals surface area contributed by atoms with Crippen LogP contribution >= 0.6 is 0 Å². The van der Waals surface area contributed by atoms with E-state index in [1.807, 2.05) is 30.3 Å². The zero-order chi connectivity index (χ0) is 30.8. The first-order valence-electron chi connectivity index (χ1n) is 13.6. The predicted octanol–water partition coefficient (Wildman–Crippen LogP) is 7.71. The van der Waals surface area contributed by atoms with Crippen LogP contribution in [-0.4, -0.2) is 41.6 Å². The van der Waals surface area contributed by atoms with Crippen LogP contribution in [0.25, 0.3) is 10.9 Å². The summed E-state index contributed by atoms with van der Waals surface area (Å²) in [5.41, 5.74) is -1.20. The summed E-state index contributed by atoms with van der Waals surface area (Å²) >= 11 is 0. The molecule has 3 aromatic carbocycles. The fourth-order valence-corrected chi connectivity index (χ4v) is 5.31. The number of methoxy groups -OCH3 is 1. The van der Waals surface area contributed by atoms with Gasteiger partial charge in [0.2, 0.25) is 0 Å². The van der Waals surface area contributed by atoms with Crippen molar-refractivity contribution < 1.29 is 40.6 Å². The van der Waals surface area contributed by atoms with E-state index in [2.05, 4.69) is 4.98 Å². The molecule has 1 aliphatic heterocycles. The highest BCUT2D eigenvalue weighted by Gasteiger charge is 2.39. The van der Waals surface area contributed by atoms with E-state index in [4.69, 9.17) is 9.47 Å². The van der Waals surface area contributed by atoms with Crippen LogP contribution in [0.2, 0.25) is 0 Å². The molecule has 0 bridgehead atoms. The summed E-state index contributed by atoms with van der Waals surface area (Å²) in [5, 5.41) is 0.959. The van der Waals surface area contributed by atoms with Gasteiger partial charge in [-0.05, 0) is 72.9 Å². The smallest absolute Gasteiger partial charge is 0.416 e. The zero-order valence-corrected chi connectivity index (χ0v) is 23.1. The van der Waals surface area contributed by atoms with Gasteiger partial charge in [-0.25, -0.2) is 0 Å². The molecule has 43 heavy (non-hydrogen) atoms. The van der Waals surface area contributed by atoms with Gasteiger partial charge in [0.25, 0.3) is 5.91 Å². The maximum Gasteiger partial charge on any atom is 0.416 e. The summed E-state index contributed by atoms with van der Waals surface area (Å²) in [6, 6.07) is 17.2. The van der Waals surface area contributed by atoms with Crippen LogP contribution in [0.15, 0.2) is 79.0 Å². The number of benzene rings is 3. The van der Waals surface area contributed by atoms with Crippen LogP contribution in [0.1, 0.15) is 45.5 Å². The number of carbonyl (C=O) groups excluding carboxylic acids is 1. The molecule has 1 fully saturated rings. The third-order valence-electron chi connectivity index (χ3n) is 7.53. The van der Waals surface area contributed by atoms with Crippen LogP contribution < -0.4 is 4.74 Å². The fourth-order valence-electron chi connectivity index (χ4n) is 5.31. The van der Waals surface area contributed by atoms with E-state index < -0.39 is 41.0 Å². The second-order valence-corrected chi connectivity index (χ2v) is 10.5. The Balaban J connectivity index is 1.39. The Labute approximate surface area is 244 Å². The van der Waals surface area contributed by atoms with E-state index in [9.17, 15) is 31.1 Å². The monoisotopic (exact) mass is 602 g/mol. The van der Waals surface area contributed by atoms with Crippen molar-refractivity contribution in [2.45, 2.75) is 50.4 Å². The lowest BCUT2D eigenvalue weighted by atomic mass is 9.92. The van der Waals surface area contributed by atoms with Crippen LogP contribution in [0.4, 0.5) is 26.3 Å². The van der Waals surface area contributed by atoms with E-state index in [0.29, 0.717) is 37.1 Å². The van der Waals surface area contributed by atoms with Crippen molar-refractivity contribution in [3.05, 3.63) is 107 Å². The molecular weight excluding hydrogens is 574 g/mol. The number of hydrogen-bond donors (Lipinski definition) is 0. The van der Waals surface area contributed by atoms with Gasteiger partial charge in [-0.15, -0.1) is 0 Å². The van der Waals surface area contributed by atoms with Crippen molar-refractivity contribution in [3.63, 3.8) is 0 Å². The number of likely N-dealkylation sites (tertiary alicyclic amines) is 1. The number of rotatable bonds is 7. The highest BCUT2D eigenvalue weighted by atomic mass is 19.4. The van der Waals surface area contributed by atoms with Crippen molar-refractivity contribution >= 4 is 16.8 Å². The number of para-hydroxylation sites is 1. The predicted molar refractivity (Wildman–Crippen MR) is 148 cm³/mol. The minimum atomic E-state index is -5.06. The van der Waals surface area contributed by atoms with Crippen LogP contribution in [-0.2, 0) is 30.1 Å². The lowest BCUT2D eigenvalue weighted by Gasteiger charge is -2.40. The minimum absolute atomic E-state index is 0.0212. The summed E-state index contributed by atoms with van der Waals surface area (Å²) in [5.74, 6) is -0.276. The van der Waals surface area contributed by atoms with Crippen molar-refractivity contribution in [2.75, 3.05) is 13.7 Å². The summed E-state index contributed by atoms with van der Waals surface area (Å²) in [4.78, 5) is 19.4. The second kappa shape index (κ2) is 12.2. The van der Waals surface area contributed by atoms with E-state index in [1.54, 1.807) is 30.5 Å². The third-order valence-corrected chi connectivity index (χ3v) is 7.53. The summed E-state index contributed by atoms with van der Waals surface area (Å²) in [7, 11) is 1.52. The molecule has 5 nitrogen and oxygen atoms in total. The number of pyridine rings is 1. The number of alkyl halides is 6. The second-order valence-electron chi connectivity index (χ2n) is 10.5. The summed E-state index contributed by atoms with van der Waals surface area (Å²) < 4.78 is 92.4. The normalized spacial score (nSPS) is 17.7. The average molecular weight is 603 g/mol. The molecule has 5 rings (SSSR count). The number of carbonyl (C=O) groups is 1. The SMILES string of the molecule is COc1ccc(C[C@@H]2C[C@@H](OCc3cnc4ccccc4c3)CCN2C(=O)c2cc(C(F)(F)F)cc(C(F)(F)F)c2)cc1. The topological polar surface area (TPSA) is 51.7 Å². The van der Waals surface area contributed by atoms with Crippen LogP contribution in [0.5, 0.6) is 5.75 Å². The lowest BCUT2D eigenvalue weighted by molar-refractivity contribution is -0.143. The molecule has 2 atom stereocenters. The van der Waals surface area contributed by atoms with Crippen LogP contribution in [0, 0.1) is 0 Å². The van der Waals surface area contributed by atoms with Gasteiger partial charge in [-0.3, -0.25) is 9.78 Å². The van der Waals surface area contributed by atoms with Gasteiger partial charge in [0.1, 0.15) is 5.75 Å². The molecule has 226 valence electrons. The molecule has 0 saturated carbocycles. The molecule has 0 N–H and O–H groups in total. The number of hydrogen-bond acceptors (Lipinski definition) is 4. The van der Waals surface area contributed by atoms with Crippen molar-refractivity contribution in [1.82, 2.24) is 9.88 Å². The average Bonchev–Trinajstić information content (AvgIpc) is 2.99. The zero-order valence-electron chi connectivity index (χ0n) is 23.1. The first-order valence-corrected chi connectivity index (χ1v) is 13.6. The molecular formula is C32H28F6N2O3. The summed E-state index contributed by atoms with van der Waals surface area (Å²) in [6.45, 7) is 0.353. The molecule has 1 aromatic heterocycles. The van der Waals surface area contributed by atoms with Crippen molar-refractivity contribution in [1.29, 1.82) is 0 Å². The Bertz CT molecular complexity index is 1550. The van der Waals surface area contributed by atoms with E-state index in [-0.39, 0.29) is 25.3 Å². The fraction of sp³-hybridized carbons (Fsp3) is 0.312. The number of ether oxygens (including phenoxy) is 2. The standard InChI is InChI=1S/C32H28F6N2O3/c1-42-27-8-6-20(7-9-27)13-26-17-28(43-19-21-12-22-4-2-3-5-29(22)39-18-21)10-11-40(26)30(41)23-14-24(31(33,34)35)16-25(15-23)32(36,37)38/h2-9,12,14-16,18,26,28H,10-11,13,17,19H2,1H3/t26-,28+/m1/s1. The highest BCUT2D eigenvalue weighted by molar-refractivity contribution is 5.95. The van der Waals surface area contributed by atoms with Gasteiger partial charge >= 0.3 is 12.4 Å². The van der Waals surface area contributed by atoms with E-state index in [1.165, 1.54) is 12.0 Å². The molecule has 11 heteroatoms. The first-order chi connectivity index (χ1) is 20.4. The maximum atomic E-state index is 13.6. The maximum absolute atomic E-state index is 13.6. The lowest BCUT2D eigenvalue weighted by Crippen LogP contribution is -2.49. The number of nitrogens with zero attached hydrogens (tertiary/aromatic N) is 2. The number of piperidine rings is 1. The molecule has 1 aliphatic rings. The van der Waals surface area contributed by atoms with Crippen LogP contribution in [0.3, 0.4) is 0 Å². The van der Waals surface area contributed by atoms with E-state index >= 15 is 0 Å². The van der Waals surface area contributed by atoms with E-state index in [0.717, 1.165) is 22.0 Å². The molecule has 0 aliphatic carbocycles. The molecule has 2 heterocycles. The van der Waals surface area contributed by atoms with Gasteiger partial charge in [0.15, 0.2) is 0 Å². The quantitative estimate of drug-likeness (QED) is 0.203.